The molecule has 0 spiro atoms. The van der Waals surface area contributed by atoms with E-state index in [9.17, 15) is 9.90 Å². The molecule has 2 rings (SSSR count). The van der Waals surface area contributed by atoms with E-state index in [1.54, 1.807) is 26.0 Å². The van der Waals surface area contributed by atoms with Crippen molar-refractivity contribution in [1.82, 2.24) is 5.32 Å². The first kappa shape index (κ1) is 12.7. The van der Waals surface area contributed by atoms with Gasteiger partial charge in [0.2, 0.25) is 5.91 Å². The Morgan fingerprint density at radius 2 is 2.33 bits per heavy atom. The molecule has 1 aromatic rings. The maximum atomic E-state index is 11.2. The highest BCUT2D eigenvalue weighted by Crippen LogP contribution is 2.35. The smallest absolute Gasteiger partial charge is 0.224 e. The molecule has 1 unspecified atom stereocenters. The summed E-state index contributed by atoms with van der Waals surface area (Å²) in [7, 11) is 0. The zero-order valence-corrected chi connectivity index (χ0v) is 10.6. The molecule has 0 bridgehead atoms. The second-order valence-corrected chi connectivity index (χ2v) is 5.21. The number of fused-ring (bicyclic) bond motifs is 1. The third kappa shape index (κ3) is 2.41. The van der Waals surface area contributed by atoms with Crippen molar-refractivity contribution in [3.8, 4) is 11.5 Å². The number of nitrogens with two attached hydrogens (primary N) is 1. The number of rotatable bonds is 4. The molecule has 4 N–H and O–H groups in total. The maximum Gasteiger partial charge on any atom is 0.224 e. The van der Waals surface area contributed by atoms with E-state index < -0.39 is 5.41 Å². The average molecular weight is 250 g/mol. The number of carbonyl (C=O) groups excluding carboxylic acids is 1. The number of nitrogens with one attached hydrogen (secondary N) is 1. The lowest BCUT2D eigenvalue weighted by Crippen LogP contribution is -2.41. The quantitative estimate of drug-likeness (QED) is 0.742. The zero-order valence-electron chi connectivity index (χ0n) is 10.6. The lowest BCUT2D eigenvalue weighted by molar-refractivity contribution is -0.125. The van der Waals surface area contributed by atoms with Crippen molar-refractivity contribution < 1.29 is 14.6 Å². The Bertz CT molecular complexity index is 471. The van der Waals surface area contributed by atoms with Crippen LogP contribution in [0.15, 0.2) is 18.2 Å². The fraction of sp³-hybridized carbons (Fsp3) is 0.462. The van der Waals surface area contributed by atoms with Gasteiger partial charge in [0.05, 0.1) is 11.5 Å². The summed E-state index contributed by atoms with van der Waals surface area (Å²) in [6.07, 6.45) is 0. The second kappa shape index (κ2) is 4.49. The third-order valence-electron chi connectivity index (χ3n) is 3.24. The molecule has 5 nitrogen and oxygen atoms in total. The summed E-state index contributed by atoms with van der Waals surface area (Å²) in [5, 5.41) is 12.6. The molecular weight excluding hydrogens is 232 g/mol. The summed E-state index contributed by atoms with van der Waals surface area (Å²) in [5.41, 5.74) is 5.72. The maximum absolute atomic E-state index is 11.2. The van der Waals surface area contributed by atoms with Gasteiger partial charge in [0.15, 0.2) is 0 Å². The van der Waals surface area contributed by atoms with E-state index in [0.717, 1.165) is 5.56 Å². The van der Waals surface area contributed by atoms with Gasteiger partial charge in [0.25, 0.3) is 0 Å². The number of aromatic hydroxyl groups is 1. The lowest BCUT2D eigenvalue weighted by atomic mass is 9.92. The average Bonchev–Trinajstić information content (AvgIpc) is 2.68. The molecule has 0 radical (unpaired) electrons. The first-order valence-electron chi connectivity index (χ1n) is 5.89. The molecule has 0 saturated carbocycles. The zero-order chi connectivity index (χ0) is 13.3. The third-order valence-corrected chi connectivity index (χ3v) is 3.24. The van der Waals surface area contributed by atoms with E-state index in [0.29, 0.717) is 18.9 Å². The van der Waals surface area contributed by atoms with Gasteiger partial charge in [-0.15, -0.1) is 0 Å². The first-order valence-corrected chi connectivity index (χ1v) is 5.89. The Labute approximate surface area is 106 Å². The van der Waals surface area contributed by atoms with Crippen LogP contribution in [-0.2, 0) is 4.79 Å². The SMILES string of the molecule is CC(C)(CNC1COc2cc(O)ccc21)C(N)=O. The van der Waals surface area contributed by atoms with Gasteiger partial charge in [-0.3, -0.25) is 4.79 Å². The largest absolute Gasteiger partial charge is 0.508 e. The molecule has 1 atom stereocenters. The molecule has 0 aliphatic carbocycles. The van der Waals surface area contributed by atoms with Crippen LogP contribution in [0.4, 0.5) is 0 Å². The van der Waals surface area contributed by atoms with Gasteiger partial charge in [-0.25, -0.2) is 0 Å². The van der Waals surface area contributed by atoms with E-state index in [4.69, 9.17) is 10.5 Å². The van der Waals surface area contributed by atoms with Gasteiger partial charge >= 0.3 is 0 Å². The normalized spacial score (nSPS) is 18.2. The Kier molecular flexibility index (Phi) is 3.17. The molecule has 1 aliphatic heterocycles. The number of primary amides is 1. The minimum Gasteiger partial charge on any atom is -0.508 e. The van der Waals surface area contributed by atoms with Crippen molar-refractivity contribution in [3.63, 3.8) is 0 Å². The Morgan fingerprint density at radius 3 is 3.00 bits per heavy atom. The minimum atomic E-state index is -0.598. The Morgan fingerprint density at radius 1 is 1.61 bits per heavy atom. The van der Waals surface area contributed by atoms with Crippen LogP contribution < -0.4 is 15.8 Å². The molecule has 0 fully saturated rings. The van der Waals surface area contributed by atoms with Crippen LogP contribution in [0.5, 0.6) is 11.5 Å². The van der Waals surface area contributed by atoms with E-state index in [2.05, 4.69) is 5.32 Å². The van der Waals surface area contributed by atoms with Crippen LogP contribution in [0.1, 0.15) is 25.5 Å². The second-order valence-electron chi connectivity index (χ2n) is 5.21. The number of carbonyl (C=O) groups is 1. The molecule has 1 heterocycles. The first-order chi connectivity index (χ1) is 8.40. The van der Waals surface area contributed by atoms with Crippen molar-refractivity contribution in [1.29, 1.82) is 0 Å². The Hall–Kier alpha value is -1.75. The predicted octanol–water partition coefficient (Wildman–Crippen LogP) is 0.927. The fourth-order valence-electron chi connectivity index (χ4n) is 1.83. The molecule has 1 amide bonds. The Balaban J connectivity index is 2.04. The van der Waals surface area contributed by atoms with Crippen molar-refractivity contribution in [2.75, 3.05) is 13.2 Å². The van der Waals surface area contributed by atoms with Crippen molar-refractivity contribution in [2.24, 2.45) is 11.1 Å². The summed E-state index contributed by atoms with van der Waals surface area (Å²) in [5.74, 6) is 0.538. The number of hydrogen-bond donors (Lipinski definition) is 3. The summed E-state index contributed by atoms with van der Waals surface area (Å²) in [6, 6.07) is 5.07. The standard InChI is InChI=1S/C13H18N2O3/c1-13(2,12(14)17)7-15-10-6-18-11-5-8(16)3-4-9(10)11/h3-5,10,15-16H,6-7H2,1-2H3,(H2,14,17). The van der Waals surface area contributed by atoms with E-state index in [-0.39, 0.29) is 17.7 Å². The fourth-order valence-corrected chi connectivity index (χ4v) is 1.83. The van der Waals surface area contributed by atoms with Crippen LogP contribution in [0.25, 0.3) is 0 Å². The van der Waals surface area contributed by atoms with Crippen LogP contribution in [-0.4, -0.2) is 24.2 Å². The molecule has 18 heavy (non-hydrogen) atoms. The topological polar surface area (TPSA) is 84.6 Å². The number of benzene rings is 1. The van der Waals surface area contributed by atoms with Gasteiger partial charge in [-0.05, 0) is 26.0 Å². The predicted molar refractivity (Wildman–Crippen MR) is 67.3 cm³/mol. The minimum absolute atomic E-state index is 0.0271. The molecule has 0 aromatic heterocycles. The van der Waals surface area contributed by atoms with Crippen LogP contribution >= 0.6 is 0 Å². The molecule has 5 heteroatoms. The van der Waals surface area contributed by atoms with E-state index >= 15 is 0 Å². The van der Waals surface area contributed by atoms with E-state index in [1.165, 1.54) is 0 Å². The van der Waals surface area contributed by atoms with Gasteiger partial charge in [0.1, 0.15) is 18.1 Å². The molecule has 98 valence electrons. The summed E-state index contributed by atoms with van der Waals surface area (Å²) < 4.78 is 5.48. The molecule has 0 saturated heterocycles. The van der Waals surface area contributed by atoms with Gasteiger partial charge < -0.3 is 20.9 Å². The van der Waals surface area contributed by atoms with Crippen LogP contribution in [0, 0.1) is 5.41 Å². The lowest BCUT2D eigenvalue weighted by Gasteiger charge is -2.23. The number of ether oxygens (including phenoxy) is 1. The highest BCUT2D eigenvalue weighted by atomic mass is 16.5. The van der Waals surface area contributed by atoms with Crippen LogP contribution in [0.2, 0.25) is 0 Å². The highest BCUT2D eigenvalue weighted by Gasteiger charge is 2.29. The van der Waals surface area contributed by atoms with Gasteiger partial charge in [-0.1, -0.05) is 0 Å². The summed E-state index contributed by atoms with van der Waals surface area (Å²) >= 11 is 0. The molecule has 1 aromatic carbocycles. The van der Waals surface area contributed by atoms with Crippen molar-refractivity contribution in [2.45, 2.75) is 19.9 Å². The van der Waals surface area contributed by atoms with Crippen molar-refractivity contribution >= 4 is 5.91 Å². The summed E-state index contributed by atoms with van der Waals surface area (Å²) in [4.78, 5) is 11.2. The van der Waals surface area contributed by atoms with Crippen LogP contribution in [0.3, 0.4) is 0 Å². The number of hydrogen-bond acceptors (Lipinski definition) is 4. The molecule has 1 aliphatic rings. The van der Waals surface area contributed by atoms with Gasteiger partial charge in [-0.2, -0.15) is 0 Å². The molecular formula is C13H18N2O3. The van der Waals surface area contributed by atoms with E-state index in [1.807, 2.05) is 6.07 Å². The van der Waals surface area contributed by atoms with Gasteiger partial charge in [0, 0.05) is 18.2 Å². The van der Waals surface area contributed by atoms with Crippen molar-refractivity contribution in [3.05, 3.63) is 23.8 Å². The number of phenols is 1. The highest BCUT2D eigenvalue weighted by molar-refractivity contribution is 5.80. The number of amides is 1. The number of phenolic OH excluding ortho intramolecular Hbond substituents is 1. The monoisotopic (exact) mass is 250 g/mol. The summed E-state index contributed by atoms with van der Waals surface area (Å²) in [6.45, 7) is 4.58.